The van der Waals surface area contributed by atoms with E-state index < -0.39 is 0 Å². The molecule has 0 bridgehead atoms. The fourth-order valence-corrected chi connectivity index (χ4v) is 2.62. The SMILES string of the molecule is CCCCc1oc2ccccc2c1C(=O)c1ccc(O)cc1.ClI. The van der Waals surface area contributed by atoms with E-state index in [2.05, 4.69) is 15.8 Å². The Morgan fingerprint density at radius 1 is 1.12 bits per heavy atom. The van der Waals surface area contributed by atoms with Gasteiger partial charge in [-0.1, -0.05) is 31.5 Å². The Hall–Kier alpha value is -1.53. The molecule has 0 saturated heterocycles. The van der Waals surface area contributed by atoms with Crippen LogP contribution in [0.15, 0.2) is 52.9 Å². The first kappa shape index (κ1) is 18.8. The van der Waals surface area contributed by atoms with E-state index in [0.717, 1.165) is 36.0 Å². The molecule has 5 heteroatoms. The number of furan rings is 1. The minimum absolute atomic E-state index is 0.0592. The van der Waals surface area contributed by atoms with E-state index in [9.17, 15) is 9.90 Å². The number of para-hydroxylation sites is 1. The van der Waals surface area contributed by atoms with Crippen LogP contribution < -0.4 is 0 Å². The number of unbranched alkanes of at least 4 members (excludes halogenated alkanes) is 1. The van der Waals surface area contributed by atoms with Crippen molar-refractivity contribution in [3.63, 3.8) is 0 Å². The topological polar surface area (TPSA) is 50.4 Å². The number of carbonyl (C=O) groups is 1. The quantitative estimate of drug-likeness (QED) is 0.363. The average Bonchev–Trinajstić information content (AvgIpc) is 3.00. The third-order valence-corrected chi connectivity index (χ3v) is 3.78. The zero-order valence-corrected chi connectivity index (χ0v) is 16.2. The molecule has 0 saturated carbocycles. The maximum atomic E-state index is 12.9. The number of aromatic hydroxyl groups is 1. The maximum Gasteiger partial charge on any atom is 0.197 e. The number of aryl methyl sites for hydroxylation is 1. The molecule has 0 spiro atoms. The Labute approximate surface area is 158 Å². The average molecular weight is 457 g/mol. The number of phenolic OH excluding ortho intramolecular Hbond substituents is 1. The van der Waals surface area contributed by atoms with Crippen LogP contribution >= 0.6 is 30.4 Å². The van der Waals surface area contributed by atoms with Gasteiger partial charge < -0.3 is 9.52 Å². The number of hydrogen-bond acceptors (Lipinski definition) is 3. The summed E-state index contributed by atoms with van der Waals surface area (Å²) in [4.78, 5) is 12.9. The molecule has 0 aliphatic heterocycles. The molecule has 3 rings (SSSR count). The summed E-state index contributed by atoms with van der Waals surface area (Å²) < 4.78 is 5.90. The Kier molecular flexibility index (Phi) is 7.12. The highest BCUT2D eigenvalue weighted by Gasteiger charge is 2.21. The summed E-state index contributed by atoms with van der Waals surface area (Å²) in [6, 6.07) is 14.0. The van der Waals surface area contributed by atoms with Gasteiger partial charge in [-0.25, -0.2) is 0 Å². The Bertz CT molecular complexity index is 809. The summed E-state index contributed by atoms with van der Waals surface area (Å²) in [7, 11) is 4.61. The summed E-state index contributed by atoms with van der Waals surface area (Å²) in [5.41, 5.74) is 1.95. The Balaban J connectivity index is 0.00000100. The molecular weight excluding hydrogens is 439 g/mol. The number of halogens is 2. The lowest BCUT2D eigenvalue weighted by Crippen LogP contribution is -2.03. The van der Waals surface area contributed by atoms with Crippen LogP contribution in [0.2, 0.25) is 0 Å². The van der Waals surface area contributed by atoms with Crippen molar-refractivity contribution in [1.82, 2.24) is 0 Å². The number of rotatable bonds is 5. The monoisotopic (exact) mass is 456 g/mol. The van der Waals surface area contributed by atoms with E-state index in [1.807, 2.05) is 24.3 Å². The number of hydrogen-bond donors (Lipinski definition) is 1. The van der Waals surface area contributed by atoms with Crippen molar-refractivity contribution in [2.45, 2.75) is 26.2 Å². The molecule has 0 radical (unpaired) electrons. The van der Waals surface area contributed by atoms with E-state index in [1.54, 1.807) is 33.6 Å². The van der Waals surface area contributed by atoms with Gasteiger partial charge in [0.1, 0.15) is 17.1 Å². The van der Waals surface area contributed by atoms with Gasteiger partial charge in [0, 0.05) is 38.8 Å². The highest BCUT2D eigenvalue weighted by Crippen LogP contribution is 2.29. The molecule has 126 valence electrons. The van der Waals surface area contributed by atoms with E-state index in [0.29, 0.717) is 11.1 Å². The molecule has 0 aliphatic rings. The van der Waals surface area contributed by atoms with Crippen LogP contribution in [0.1, 0.15) is 41.4 Å². The Morgan fingerprint density at radius 3 is 2.46 bits per heavy atom. The largest absolute Gasteiger partial charge is 0.508 e. The zero-order chi connectivity index (χ0) is 17.5. The van der Waals surface area contributed by atoms with Crippen molar-refractivity contribution in [2.24, 2.45) is 0 Å². The second-order valence-corrected chi connectivity index (χ2v) is 5.38. The minimum Gasteiger partial charge on any atom is -0.508 e. The van der Waals surface area contributed by atoms with Crippen molar-refractivity contribution >= 4 is 47.1 Å². The lowest BCUT2D eigenvalue weighted by atomic mass is 9.98. The van der Waals surface area contributed by atoms with Gasteiger partial charge in [0.25, 0.3) is 0 Å². The molecule has 1 N–H and O–H groups in total. The van der Waals surface area contributed by atoms with Gasteiger partial charge in [0.05, 0.1) is 5.56 Å². The molecular formula is C19H18ClIO3. The highest BCUT2D eigenvalue weighted by atomic mass is 127. The first-order valence-corrected chi connectivity index (χ1v) is 10.4. The highest BCUT2D eigenvalue weighted by molar-refractivity contribution is 14.1. The second-order valence-electron chi connectivity index (χ2n) is 5.38. The third-order valence-electron chi connectivity index (χ3n) is 3.78. The first-order valence-electron chi connectivity index (χ1n) is 7.69. The molecule has 0 aliphatic carbocycles. The van der Waals surface area contributed by atoms with Crippen LogP contribution in [0.5, 0.6) is 5.75 Å². The van der Waals surface area contributed by atoms with Crippen molar-refractivity contribution in [2.75, 3.05) is 0 Å². The van der Waals surface area contributed by atoms with Crippen molar-refractivity contribution in [3.8, 4) is 5.75 Å². The van der Waals surface area contributed by atoms with Crippen LogP contribution in [0.4, 0.5) is 0 Å². The number of ketones is 1. The first-order chi connectivity index (χ1) is 11.7. The lowest BCUT2D eigenvalue weighted by Gasteiger charge is -2.03. The van der Waals surface area contributed by atoms with Crippen LogP contribution in [-0.2, 0) is 6.42 Å². The van der Waals surface area contributed by atoms with Gasteiger partial charge in [-0.05, 0) is 45.7 Å². The molecule has 0 fully saturated rings. The maximum absolute atomic E-state index is 12.9. The molecule has 0 atom stereocenters. The van der Waals surface area contributed by atoms with Crippen molar-refractivity contribution in [1.29, 1.82) is 0 Å². The lowest BCUT2D eigenvalue weighted by molar-refractivity contribution is 0.103. The fourth-order valence-electron chi connectivity index (χ4n) is 2.62. The zero-order valence-electron chi connectivity index (χ0n) is 13.3. The molecule has 24 heavy (non-hydrogen) atoms. The second kappa shape index (κ2) is 9.08. The van der Waals surface area contributed by atoms with Gasteiger partial charge in [-0.2, -0.15) is 0 Å². The van der Waals surface area contributed by atoms with Crippen LogP contribution in [0.25, 0.3) is 11.0 Å². The predicted molar refractivity (Wildman–Crippen MR) is 106 cm³/mol. The molecule has 1 aromatic heterocycles. The molecule has 0 amide bonds. The van der Waals surface area contributed by atoms with Crippen molar-refractivity contribution < 1.29 is 14.3 Å². The normalized spacial score (nSPS) is 10.3. The minimum atomic E-state index is -0.0592. The van der Waals surface area contributed by atoms with Crippen molar-refractivity contribution in [3.05, 3.63) is 65.4 Å². The summed E-state index contributed by atoms with van der Waals surface area (Å²) in [5.74, 6) is 0.844. The summed E-state index contributed by atoms with van der Waals surface area (Å²) in [6.07, 6.45) is 2.78. The summed E-state index contributed by atoms with van der Waals surface area (Å²) in [5, 5.41) is 10.2. The molecule has 0 unspecified atom stereocenters. The fraction of sp³-hybridized carbons (Fsp3) is 0.211. The molecule has 3 nitrogen and oxygen atoms in total. The van der Waals surface area contributed by atoms with Gasteiger partial charge in [-0.3, -0.25) is 4.79 Å². The predicted octanol–water partition coefficient (Wildman–Crippen LogP) is 6.29. The van der Waals surface area contributed by atoms with E-state index in [1.165, 1.54) is 12.1 Å². The van der Waals surface area contributed by atoms with Crippen LogP contribution in [0, 0.1) is 0 Å². The number of phenols is 1. The molecule has 3 aromatic rings. The standard InChI is InChI=1S/C19H18O3.ClI/c1-2-3-7-17-18(15-6-4-5-8-16(15)22-17)19(21)13-9-11-14(20)12-10-13;1-2/h4-6,8-12,20H,2-3,7H2,1H3;. The van der Waals surface area contributed by atoms with E-state index >= 15 is 0 Å². The molecule has 2 aromatic carbocycles. The Morgan fingerprint density at radius 2 is 1.79 bits per heavy atom. The smallest absolute Gasteiger partial charge is 0.197 e. The number of carbonyl (C=O) groups excluding carboxylic acids is 1. The van der Waals surface area contributed by atoms with Crippen LogP contribution in [-0.4, -0.2) is 10.9 Å². The summed E-state index contributed by atoms with van der Waals surface area (Å²) in [6.45, 7) is 2.12. The number of fused-ring (bicyclic) bond motifs is 1. The van der Waals surface area contributed by atoms with E-state index in [4.69, 9.17) is 4.42 Å². The number of benzene rings is 2. The van der Waals surface area contributed by atoms with Gasteiger partial charge in [0.15, 0.2) is 5.78 Å². The van der Waals surface area contributed by atoms with Gasteiger partial charge >= 0.3 is 0 Å². The molecule has 1 heterocycles. The van der Waals surface area contributed by atoms with E-state index in [-0.39, 0.29) is 11.5 Å². The van der Waals surface area contributed by atoms with Gasteiger partial charge in [-0.15, -0.1) is 0 Å². The third kappa shape index (κ3) is 4.11. The van der Waals surface area contributed by atoms with Crippen LogP contribution in [0.3, 0.4) is 0 Å². The summed E-state index contributed by atoms with van der Waals surface area (Å²) >= 11 is 1.62. The van der Waals surface area contributed by atoms with Gasteiger partial charge in [0.2, 0.25) is 0 Å².